The van der Waals surface area contributed by atoms with Crippen LogP contribution in [0.1, 0.15) is 33.5 Å². The molecule has 7 heteroatoms. The van der Waals surface area contributed by atoms with E-state index in [0.29, 0.717) is 23.2 Å². The molecule has 2 N–H and O–H groups in total. The minimum atomic E-state index is -0.797. The first-order valence-corrected chi connectivity index (χ1v) is 10.0. The standard InChI is InChI=1S/C20H23NO5S/c1-12-2-5-18-13(6-12)7-19(27-18)20(23)21-9-14(22)10-24-15-3-4-16-17(8-15)26-11-25-16/h3-4,7-8,12,14,22H,2,5-6,9-11H2,1H3,(H,21,23). The summed E-state index contributed by atoms with van der Waals surface area (Å²) in [6.07, 6.45) is 2.49. The van der Waals surface area contributed by atoms with Gasteiger partial charge in [-0.1, -0.05) is 6.92 Å². The molecule has 2 atom stereocenters. The summed E-state index contributed by atoms with van der Waals surface area (Å²) >= 11 is 1.57. The second-order valence-corrected chi connectivity index (χ2v) is 8.23. The van der Waals surface area contributed by atoms with Crippen LogP contribution in [0.15, 0.2) is 24.3 Å². The molecule has 0 saturated carbocycles. The molecule has 2 aliphatic rings. The van der Waals surface area contributed by atoms with Gasteiger partial charge in [-0.15, -0.1) is 11.3 Å². The van der Waals surface area contributed by atoms with E-state index in [1.807, 2.05) is 6.07 Å². The SMILES string of the molecule is CC1CCc2sc(C(=O)NCC(O)COc3ccc4c(c3)OCO4)cc2C1. The van der Waals surface area contributed by atoms with Gasteiger partial charge in [-0.05, 0) is 48.9 Å². The Hall–Kier alpha value is -2.25. The Balaban J connectivity index is 1.25. The molecule has 144 valence electrons. The molecule has 6 nitrogen and oxygen atoms in total. The molecular weight excluding hydrogens is 366 g/mol. The Morgan fingerprint density at radius 2 is 2.22 bits per heavy atom. The Morgan fingerprint density at radius 3 is 3.11 bits per heavy atom. The maximum absolute atomic E-state index is 12.4. The molecule has 2 heterocycles. The van der Waals surface area contributed by atoms with Gasteiger partial charge in [-0.3, -0.25) is 4.79 Å². The summed E-state index contributed by atoms with van der Waals surface area (Å²) in [7, 11) is 0. The number of benzene rings is 1. The molecule has 27 heavy (non-hydrogen) atoms. The maximum Gasteiger partial charge on any atom is 0.261 e. The zero-order valence-electron chi connectivity index (χ0n) is 15.2. The summed E-state index contributed by atoms with van der Waals surface area (Å²) in [6.45, 7) is 2.68. The topological polar surface area (TPSA) is 77.0 Å². The zero-order valence-corrected chi connectivity index (χ0v) is 16.0. The van der Waals surface area contributed by atoms with E-state index >= 15 is 0 Å². The summed E-state index contributed by atoms with van der Waals surface area (Å²) in [5.74, 6) is 2.45. The highest BCUT2D eigenvalue weighted by Crippen LogP contribution is 2.35. The predicted molar refractivity (Wildman–Crippen MR) is 102 cm³/mol. The van der Waals surface area contributed by atoms with Crippen LogP contribution in [0, 0.1) is 5.92 Å². The monoisotopic (exact) mass is 389 g/mol. The summed E-state index contributed by atoms with van der Waals surface area (Å²) in [5.41, 5.74) is 1.30. The Bertz CT molecular complexity index is 834. The van der Waals surface area contributed by atoms with E-state index < -0.39 is 6.10 Å². The fraction of sp³-hybridized carbons (Fsp3) is 0.450. The minimum Gasteiger partial charge on any atom is -0.491 e. The molecule has 1 amide bonds. The summed E-state index contributed by atoms with van der Waals surface area (Å²) in [5, 5.41) is 12.9. The van der Waals surface area contributed by atoms with Crippen molar-refractivity contribution < 1.29 is 24.1 Å². The van der Waals surface area contributed by atoms with Crippen LogP contribution in [-0.4, -0.2) is 37.1 Å². The lowest BCUT2D eigenvalue weighted by Gasteiger charge is -2.16. The number of carbonyl (C=O) groups excluding carboxylic acids is 1. The van der Waals surface area contributed by atoms with E-state index in [-0.39, 0.29) is 25.9 Å². The number of hydrogen-bond donors (Lipinski definition) is 2. The van der Waals surface area contributed by atoms with Crippen LogP contribution in [-0.2, 0) is 12.8 Å². The number of aliphatic hydroxyl groups excluding tert-OH is 1. The fourth-order valence-corrected chi connectivity index (χ4v) is 4.46. The number of nitrogens with one attached hydrogen (secondary N) is 1. The number of aryl methyl sites for hydroxylation is 1. The van der Waals surface area contributed by atoms with Crippen molar-refractivity contribution in [2.45, 2.75) is 32.3 Å². The minimum absolute atomic E-state index is 0.0817. The van der Waals surface area contributed by atoms with Crippen LogP contribution in [0.3, 0.4) is 0 Å². The molecule has 0 bridgehead atoms. The van der Waals surface area contributed by atoms with Gasteiger partial charge in [0.25, 0.3) is 5.91 Å². The van der Waals surface area contributed by atoms with E-state index in [0.717, 1.165) is 17.7 Å². The van der Waals surface area contributed by atoms with Crippen LogP contribution in [0.2, 0.25) is 0 Å². The van der Waals surface area contributed by atoms with Gasteiger partial charge in [0.05, 0.1) is 4.88 Å². The van der Waals surface area contributed by atoms with Gasteiger partial charge in [-0.25, -0.2) is 0 Å². The molecule has 1 aliphatic heterocycles. The van der Waals surface area contributed by atoms with E-state index in [2.05, 4.69) is 12.2 Å². The van der Waals surface area contributed by atoms with Crippen molar-refractivity contribution in [2.75, 3.05) is 19.9 Å². The van der Waals surface area contributed by atoms with Crippen molar-refractivity contribution in [1.29, 1.82) is 0 Å². The molecule has 2 unspecified atom stereocenters. The summed E-state index contributed by atoms with van der Waals surface area (Å²) < 4.78 is 16.1. The van der Waals surface area contributed by atoms with Crippen molar-refractivity contribution in [3.8, 4) is 17.2 Å². The number of carbonyl (C=O) groups is 1. The first kappa shape index (κ1) is 18.1. The molecule has 1 aromatic carbocycles. The zero-order chi connectivity index (χ0) is 18.8. The maximum atomic E-state index is 12.4. The average Bonchev–Trinajstić information content (AvgIpc) is 3.30. The van der Waals surface area contributed by atoms with Crippen LogP contribution in [0.25, 0.3) is 0 Å². The first-order valence-electron chi connectivity index (χ1n) is 9.19. The molecule has 0 fully saturated rings. The number of aliphatic hydroxyl groups is 1. The Kier molecular flexibility index (Phi) is 5.22. The van der Waals surface area contributed by atoms with Gasteiger partial charge < -0.3 is 24.6 Å². The number of rotatable bonds is 6. The van der Waals surface area contributed by atoms with E-state index in [1.165, 1.54) is 16.9 Å². The number of thiophene rings is 1. The second-order valence-electron chi connectivity index (χ2n) is 7.10. The summed E-state index contributed by atoms with van der Waals surface area (Å²) in [4.78, 5) is 14.4. The largest absolute Gasteiger partial charge is 0.491 e. The normalized spacial score (nSPS) is 18.7. The van der Waals surface area contributed by atoms with Crippen LogP contribution in [0.4, 0.5) is 0 Å². The number of hydrogen-bond acceptors (Lipinski definition) is 6. The lowest BCUT2D eigenvalue weighted by atomic mass is 9.90. The van der Waals surface area contributed by atoms with Crippen molar-refractivity contribution in [3.63, 3.8) is 0 Å². The molecule has 0 spiro atoms. The summed E-state index contributed by atoms with van der Waals surface area (Å²) in [6, 6.07) is 7.26. The van der Waals surface area contributed by atoms with Crippen molar-refractivity contribution in [2.24, 2.45) is 5.92 Å². The second kappa shape index (κ2) is 7.78. The number of amides is 1. The van der Waals surface area contributed by atoms with Gasteiger partial charge in [0.15, 0.2) is 11.5 Å². The van der Waals surface area contributed by atoms with Gasteiger partial charge in [0.2, 0.25) is 6.79 Å². The fourth-order valence-electron chi connectivity index (χ4n) is 3.33. The number of fused-ring (bicyclic) bond motifs is 2. The van der Waals surface area contributed by atoms with Gasteiger partial charge >= 0.3 is 0 Å². The highest BCUT2D eigenvalue weighted by atomic mass is 32.1. The molecule has 0 radical (unpaired) electrons. The van der Waals surface area contributed by atoms with Crippen LogP contribution >= 0.6 is 11.3 Å². The first-order chi connectivity index (χ1) is 13.1. The third-order valence-corrected chi connectivity index (χ3v) is 6.07. The van der Waals surface area contributed by atoms with E-state index in [9.17, 15) is 9.90 Å². The third kappa shape index (κ3) is 4.20. The molecule has 4 rings (SSSR count). The Labute approximate surface area is 162 Å². The average molecular weight is 389 g/mol. The molecule has 2 aromatic rings. The molecule has 0 saturated heterocycles. The third-order valence-electron chi connectivity index (χ3n) is 4.84. The van der Waals surface area contributed by atoms with Crippen molar-refractivity contribution in [3.05, 3.63) is 39.6 Å². The molecular formula is C20H23NO5S. The van der Waals surface area contributed by atoms with Crippen molar-refractivity contribution >= 4 is 17.2 Å². The highest BCUT2D eigenvalue weighted by molar-refractivity contribution is 7.14. The highest BCUT2D eigenvalue weighted by Gasteiger charge is 2.21. The van der Waals surface area contributed by atoms with Crippen LogP contribution < -0.4 is 19.5 Å². The van der Waals surface area contributed by atoms with Crippen LogP contribution in [0.5, 0.6) is 17.2 Å². The predicted octanol–water partition coefficient (Wildman–Crippen LogP) is 2.77. The van der Waals surface area contributed by atoms with Gasteiger partial charge in [0.1, 0.15) is 18.5 Å². The number of ether oxygens (including phenoxy) is 3. The van der Waals surface area contributed by atoms with Gasteiger partial charge in [-0.2, -0.15) is 0 Å². The van der Waals surface area contributed by atoms with E-state index in [4.69, 9.17) is 14.2 Å². The lowest BCUT2D eigenvalue weighted by Crippen LogP contribution is -2.35. The van der Waals surface area contributed by atoms with Gasteiger partial charge in [0, 0.05) is 17.5 Å². The smallest absolute Gasteiger partial charge is 0.261 e. The van der Waals surface area contributed by atoms with Crippen molar-refractivity contribution in [1.82, 2.24) is 5.32 Å². The molecule has 1 aliphatic carbocycles. The molecule has 1 aromatic heterocycles. The lowest BCUT2D eigenvalue weighted by molar-refractivity contribution is 0.0846. The van der Waals surface area contributed by atoms with E-state index in [1.54, 1.807) is 29.5 Å². The quantitative estimate of drug-likeness (QED) is 0.794. The Morgan fingerprint density at radius 1 is 1.37 bits per heavy atom.